The van der Waals surface area contributed by atoms with E-state index in [1.54, 1.807) is 30.3 Å². The number of hydrogen-bond acceptors (Lipinski definition) is 5. The number of amides is 1. The minimum absolute atomic E-state index is 0.0568. The van der Waals surface area contributed by atoms with Gasteiger partial charge in [-0.05, 0) is 24.3 Å². The van der Waals surface area contributed by atoms with E-state index in [9.17, 15) is 13.2 Å². The zero-order valence-corrected chi connectivity index (χ0v) is 11.8. The van der Waals surface area contributed by atoms with Crippen molar-refractivity contribution in [2.45, 2.75) is 4.90 Å². The molecule has 0 saturated heterocycles. The highest BCUT2D eigenvalue weighted by atomic mass is 32.2. The number of anilines is 1. The van der Waals surface area contributed by atoms with E-state index < -0.39 is 10.1 Å². The minimum atomic E-state index is -3.90. The molecule has 0 aromatic heterocycles. The van der Waals surface area contributed by atoms with E-state index in [-0.39, 0.29) is 23.1 Å². The molecule has 0 saturated carbocycles. The zero-order valence-electron chi connectivity index (χ0n) is 11.0. The summed E-state index contributed by atoms with van der Waals surface area (Å²) in [4.78, 5) is 11.3. The van der Waals surface area contributed by atoms with E-state index in [4.69, 9.17) is 9.92 Å². The van der Waals surface area contributed by atoms with Gasteiger partial charge in [0.05, 0.1) is 6.54 Å². The largest absolute Gasteiger partial charge is 0.379 e. The third-order valence-corrected chi connectivity index (χ3v) is 3.80. The van der Waals surface area contributed by atoms with Gasteiger partial charge in [-0.3, -0.25) is 4.79 Å². The Morgan fingerprint density at radius 3 is 2.48 bits per heavy atom. The fraction of sp³-hybridized carbons (Fsp3) is 0.0714. The molecule has 6 nitrogen and oxygen atoms in total. The molecule has 0 fully saturated rings. The summed E-state index contributed by atoms with van der Waals surface area (Å²) in [5, 5.41) is 2.52. The molecule has 7 heteroatoms. The second kappa shape index (κ2) is 6.38. The first kappa shape index (κ1) is 15.0. The average Bonchev–Trinajstić information content (AvgIpc) is 2.48. The molecule has 2 rings (SSSR count). The zero-order chi connectivity index (χ0) is 15.3. The van der Waals surface area contributed by atoms with Crippen LogP contribution in [0, 0.1) is 0 Å². The van der Waals surface area contributed by atoms with Gasteiger partial charge in [0.25, 0.3) is 0 Å². The fourth-order valence-corrected chi connectivity index (χ4v) is 2.54. The maximum Gasteiger partial charge on any atom is 0.339 e. The molecular formula is C14H14N2O4S. The summed E-state index contributed by atoms with van der Waals surface area (Å²) >= 11 is 0. The Hall–Kier alpha value is -2.38. The Morgan fingerprint density at radius 2 is 1.81 bits per heavy atom. The topological polar surface area (TPSA) is 98.5 Å². The average molecular weight is 306 g/mol. The van der Waals surface area contributed by atoms with Gasteiger partial charge in [-0.2, -0.15) is 8.42 Å². The van der Waals surface area contributed by atoms with Crippen LogP contribution in [0.15, 0.2) is 59.5 Å². The molecule has 0 unspecified atom stereocenters. The second-order valence-electron chi connectivity index (χ2n) is 4.13. The molecule has 0 aliphatic carbocycles. The van der Waals surface area contributed by atoms with Gasteiger partial charge in [0.1, 0.15) is 10.6 Å². The first-order chi connectivity index (χ1) is 10.0. The third-order valence-electron chi connectivity index (χ3n) is 2.54. The predicted molar refractivity (Wildman–Crippen MR) is 78.4 cm³/mol. The lowest BCUT2D eigenvalue weighted by Crippen LogP contribution is -2.21. The van der Waals surface area contributed by atoms with Crippen molar-refractivity contribution in [2.75, 3.05) is 11.9 Å². The van der Waals surface area contributed by atoms with Crippen molar-refractivity contribution in [2.24, 2.45) is 5.73 Å². The van der Waals surface area contributed by atoms with Crippen LogP contribution >= 0.6 is 0 Å². The van der Waals surface area contributed by atoms with Crippen molar-refractivity contribution in [3.8, 4) is 5.75 Å². The number of nitrogens with two attached hydrogens (primary N) is 1. The van der Waals surface area contributed by atoms with Crippen LogP contribution in [0.1, 0.15) is 0 Å². The van der Waals surface area contributed by atoms with E-state index in [0.717, 1.165) is 0 Å². The Labute approximate surface area is 122 Å². The molecule has 110 valence electrons. The molecule has 0 aliphatic heterocycles. The van der Waals surface area contributed by atoms with Crippen LogP contribution in [0.4, 0.5) is 5.69 Å². The first-order valence-corrected chi connectivity index (χ1v) is 7.51. The first-order valence-electron chi connectivity index (χ1n) is 6.11. The normalized spacial score (nSPS) is 10.9. The number of carbonyl (C=O) groups excluding carboxylic acids is 1. The van der Waals surface area contributed by atoms with Gasteiger partial charge in [-0.15, -0.1) is 0 Å². The maximum atomic E-state index is 12.1. The molecule has 0 bridgehead atoms. The number of nitrogens with one attached hydrogen (secondary N) is 1. The highest BCUT2D eigenvalue weighted by molar-refractivity contribution is 7.87. The Kier molecular flexibility index (Phi) is 4.56. The summed E-state index contributed by atoms with van der Waals surface area (Å²) in [6, 6.07) is 13.9. The summed E-state index contributed by atoms with van der Waals surface area (Å²) in [6.07, 6.45) is 0. The van der Waals surface area contributed by atoms with Gasteiger partial charge in [0, 0.05) is 11.8 Å². The predicted octanol–water partition coefficient (Wildman–Crippen LogP) is 1.35. The van der Waals surface area contributed by atoms with E-state index in [1.165, 1.54) is 24.3 Å². The van der Waals surface area contributed by atoms with Gasteiger partial charge in [-0.25, -0.2) is 0 Å². The lowest BCUT2D eigenvalue weighted by atomic mass is 10.3. The van der Waals surface area contributed by atoms with Crippen molar-refractivity contribution in [3.63, 3.8) is 0 Å². The van der Waals surface area contributed by atoms with E-state index in [0.29, 0.717) is 5.69 Å². The van der Waals surface area contributed by atoms with Crippen LogP contribution in [0.2, 0.25) is 0 Å². The molecule has 0 spiro atoms. The van der Waals surface area contributed by atoms with Crippen LogP contribution in [0.3, 0.4) is 0 Å². The quantitative estimate of drug-likeness (QED) is 0.812. The Balaban J connectivity index is 2.20. The molecule has 3 N–H and O–H groups in total. The van der Waals surface area contributed by atoms with E-state index >= 15 is 0 Å². The van der Waals surface area contributed by atoms with Gasteiger partial charge in [0.2, 0.25) is 5.91 Å². The van der Waals surface area contributed by atoms with Crippen LogP contribution in [-0.2, 0) is 14.9 Å². The number of benzene rings is 2. The lowest BCUT2D eigenvalue weighted by molar-refractivity contribution is -0.114. The molecule has 0 atom stereocenters. The van der Waals surface area contributed by atoms with Gasteiger partial charge in [0.15, 0.2) is 0 Å². The SMILES string of the molecule is NCC(=O)Nc1cccc(OS(=O)(=O)c2ccccc2)c1. The highest BCUT2D eigenvalue weighted by Crippen LogP contribution is 2.21. The maximum absolute atomic E-state index is 12.1. The molecule has 0 radical (unpaired) electrons. The number of hydrogen-bond donors (Lipinski definition) is 2. The van der Waals surface area contributed by atoms with E-state index in [2.05, 4.69) is 5.32 Å². The Morgan fingerprint density at radius 1 is 1.10 bits per heavy atom. The summed E-state index contributed by atoms with van der Waals surface area (Å²) in [5.74, 6) is -0.272. The molecule has 2 aromatic carbocycles. The van der Waals surface area contributed by atoms with Crippen molar-refractivity contribution < 1.29 is 17.4 Å². The van der Waals surface area contributed by atoms with Crippen LogP contribution in [-0.4, -0.2) is 20.9 Å². The summed E-state index contributed by atoms with van der Waals surface area (Å²) in [7, 11) is -3.90. The van der Waals surface area contributed by atoms with Gasteiger partial charge in [-0.1, -0.05) is 24.3 Å². The molecule has 21 heavy (non-hydrogen) atoms. The van der Waals surface area contributed by atoms with Crippen LogP contribution in [0.25, 0.3) is 0 Å². The van der Waals surface area contributed by atoms with Gasteiger partial charge < -0.3 is 15.2 Å². The Bertz CT molecular complexity index is 730. The number of rotatable bonds is 5. The van der Waals surface area contributed by atoms with Crippen molar-refractivity contribution >= 4 is 21.7 Å². The third kappa shape index (κ3) is 4.04. The monoisotopic (exact) mass is 306 g/mol. The highest BCUT2D eigenvalue weighted by Gasteiger charge is 2.16. The molecular weight excluding hydrogens is 292 g/mol. The summed E-state index contributed by atoms with van der Waals surface area (Å²) in [6.45, 7) is -0.159. The van der Waals surface area contributed by atoms with Crippen molar-refractivity contribution in [1.82, 2.24) is 0 Å². The van der Waals surface area contributed by atoms with E-state index in [1.807, 2.05) is 0 Å². The lowest BCUT2D eigenvalue weighted by Gasteiger charge is -2.09. The smallest absolute Gasteiger partial charge is 0.339 e. The minimum Gasteiger partial charge on any atom is -0.379 e. The standard InChI is InChI=1S/C14H14N2O4S/c15-10-14(17)16-11-5-4-6-12(9-11)20-21(18,19)13-7-2-1-3-8-13/h1-9H,10,15H2,(H,16,17). The molecule has 1 amide bonds. The number of carbonyl (C=O) groups is 1. The molecule has 0 aliphatic rings. The second-order valence-corrected chi connectivity index (χ2v) is 5.68. The van der Waals surface area contributed by atoms with Crippen molar-refractivity contribution in [1.29, 1.82) is 0 Å². The summed E-state index contributed by atoms with van der Waals surface area (Å²) in [5.41, 5.74) is 5.61. The van der Waals surface area contributed by atoms with Gasteiger partial charge >= 0.3 is 10.1 Å². The fourth-order valence-electron chi connectivity index (χ4n) is 1.60. The van der Waals surface area contributed by atoms with Crippen molar-refractivity contribution in [3.05, 3.63) is 54.6 Å². The van der Waals surface area contributed by atoms with Crippen LogP contribution < -0.4 is 15.2 Å². The molecule has 0 heterocycles. The summed E-state index contributed by atoms with van der Waals surface area (Å²) < 4.78 is 29.2. The molecule has 2 aromatic rings. The van der Waals surface area contributed by atoms with Crippen LogP contribution in [0.5, 0.6) is 5.75 Å².